The summed E-state index contributed by atoms with van der Waals surface area (Å²) in [6.45, 7) is 0.649. The Morgan fingerprint density at radius 2 is 2.43 bits per heavy atom. The molecule has 0 saturated carbocycles. The van der Waals surface area contributed by atoms with E-state index in [-0.39, 0.29) is 5.91 Å². The first-order chi connectivity index (χ1) is 6.74. The number of nitrogen functional groups attached to an aromatic ring is 1. The molecule has 0 aromatic carbocycles. The standard InChI is InChI=1S/C9H13N3OS/c1-14-6-5-11-9(13)7-3-2-4-8(10)12-7/h2-4H,5-6H2,1H3,(H2,10,12)(H,11,13). The zero-order valence-corrected chi connectivity index (χ0v) is 8.80. The molecule has 0 aliphatic rings. The van der Waals surface area contributed by atoms with Crippen LogP contribution in [0.1, 0.15) is 10.5 Å². The Bertz CT molecular complexity index is 317. The second kappa shape index (κ2) is 5.49. The highest BCUT2D eigenvalue weighted by molar-refractivity contribution is 7.98. The molecule has 1 heterocycles. The van der Waals surface area contributed by atoms with Crippen LogP contribution in [-0.2, 0) is 0 Å². The lowest BCUT2D eigenvalue weighted by atomic mass is 10.3. The van der Waals surface area contributed by atoms with Crippen LogP contribution >= 0.6 is 11.8 Å². The first-order valence-corrected chi connectivity index (χ1v) is 5.63. The first-order valence-electron chi connectivity index (χ1n) is 4.23. The van der Waals surface area contributed by atoms with Gasteiger partial charge in [0.15, 0.2) is 0 Å². The van der Waals surface area contributed by atoms with Gasteiger partial charge in [-0.25, -0.2) is 4.98 Å². The second-order valence-corrected chi connectivity index (χ2v) is 3.68. The fraction of sp³-hybridized carbons (Fsp3) is 0.333. The molecular weight excluding hydrogens is 198 g/mol. The van der Waals surface area contributed by atoms with Gasteiger partial charge >= 0.3 is 0 Å². The number of amides is 1. The van der Waals surface area contributed by atoms with Gasteiger partial charge < -0.3 is 11.1 Å². The summed E-state index contributed by atoms with van der Waals surface area (Å²) in [6, 6.07) is 5.01. The monoisotopic (exact) mass is 211 g/mol. The summed E-state index contributed by atoms with van der Waals surface area (Å²) < 4.78 is 0. The van der Waals surface area contributed by atoms with Crippen LogP contribution < -0.4 is 11.1 Å². The van der Waals surface area contributed by atoms with Crippen LogP contribution in [0.3, 0.4) is 0 Å². The molecule has 1 aromatic rings. The number of pyridine rings is 1. The number of nitrogens with one attached hydrogen (secondary N) is 1. The molecule has 0 aliphatic heterocycles. The van der Waals surface area contributed by atoms with Crippen molar-refractivity contribution in [3.05, 3.63) is 23.9 Å². The average Bonchev–Trinajstić information content (AvgIpc) is 2.18. The van der Waals surface area contributed by atoms with Crippen molar-refractivity contribution in [2.45, 2.75) is 0 Å². The van der Waals surface area contributed by atoms with Gasteiger partial charge in [-0.3, -0.25) is 4.79 Å². The lowest BCUT2D eigenvalue weighted by Crippen LogP contribution is -2.26. The molecule has 1 aromatic heterocycles. The third kappa shape index (κ3) is 3.26. The Labute approximate surface area is 87.3 Å². The highest BCUT2D eigenvalue weighted by Crippen LogP contribution is 2.00. The highest BCUT2D eigenvalue weighted by Gasteiger charge is 2.05. The number of rotatable bonds is 4. The number of nitrogens with zero attached hydrogens (tertiary/aromatic N) is 1. The largest absolute Gasteiger partial charge is 0.384 e. The predicted molar refractivity (Wildman–Crippen MR) is 59.4 cm³/mol. The quantitative estimate of drug-likeness (QED) is 0.721. The van der Waals surface area contributed by atoms with E-state index < -0.39 is 0 Å². The fourth-order valence-electron chi connectivity index (χ4n) is 0.935. The van der Waals surface area contributed by atoms with Crippen molar-refractivity contribution in [3.8, 4) is 0 Å². The molecule has 14 heavy (non-hydrogen) atoms. The van der Waals surface area contributed by atoms with Crippen molar-refractivity contribution in [1.29, 1.82) is 0 Å². The van der Waals surface area contributed by atoms with Gasteiger partial charge in [0.05, 0.1) is 0 Å². The molecule has 76 valence electrons. The number of thioether (sulfide) groups is 1. The average molecular weight is 211 g/mol. The Morgan fingerprint density at radius 1 is 1.64 bits per heavy atom. The summed E-state index contributed by atoms with van der Waals surface area (Å²) in [6.07, 6.45) is 1.99. The lowest BCUT2D eigenvalue weighted by Gasteiger charge is -2.03. The van der Waals surface area contributed by atoms with Crippen molar-refractivity contribution < 1.29 is 4.79 Å². The fourth-order valence-corrected chi connectivity index (χ4v) is 1.24. The van der Waals surface area contributed by atoms with Crippen molar-refractivity contribution in [2.24, 2.45) is 0 Å². The van der Waals surface area contributed by atoms with Crippen molar-refractivity contribution in [1.82, 2.24) is 10.3 Å². The van der Waals surface area contributed by atoms with E-state index in [1.54, 1.807) is 30.0 Å². The van der Waals surface area contributed by atoms with E-state index in [4.69, 9.17) is 5.73 Å². The van der Waals surface area contributed by atoms with E-state index >= 15 is 0 Å². The lowest BCUT2D eigenvalue weighted by molar-refractivity contribution is 0.0951. The van der Waals surface area contributed by atoms with E-state index in [1.807, 2.05) is 6.26 Å². The summed E-state index contributed by atoms with van der Waals surface area (Å²) in [4.78, 5) is 15.3. The van der Waals surface area contributed by atoms with Crippen LogP contribution in [0.15, 0.2) is 18.2 Å². The van der Waals surface area contributed by atoms with Gasteiger partial charge in [0.25, 0.3) is 5.91 Å². The third-order valence-corrected chi connectivity index (χ3v) is 2.21. The van der Waals surface area contributed by atoms with Gasteiger partial charge in [0, 0.05) is 12.3 Å². The van der Waals surface area contributed by atoms with E-state index in [2.05, 4.69) is 10.3 Å². The maximum atomic E-state index is 11.4. The third-order valence-electron chi connectivity index (χ3n) is 1.60. The van der Waals surface area contributed by atoms with Crippen LogP contribution in [0.4, 0.5) is 5.82 Å². The Hall–Kier alpha value is -1.23. The molecule has 0 spiro atoms. The molecule has 0 atom stereocenters. The predicted octanol–water partition coefficient (Wildman–Crippen LogP) is 0.757. The number of anilines is 1. The minimum absolute atomic E-state index is 0.175. The van der Waals surface area contributed by atoms with Crippen LogP contribution in [0, 0.1) is 0 Å². The van der Waals surface area contributed by atoms with Gasteiger partial charge in [-0.2, -0.15) is 11.8 Å². The number of carbonyl (C=O) groups excluding carboxylic acids is 1. The summed E-state index contributed by atoms with van der Waals surface area (Å²) >= 11 is 1.68. The number of hydrogen-bond acceptors (Lipinski definition) is 4. The van der Waals surface area contributed by atoms with Crippen LogP contribution in [0.2, 0.25) is 0 Å². The molecule has 4 nitrogen and oxygen atoms in total. The topological polar surface area (TPSA) is 68.0 Å². The maximum Gasteiger partial charge on any atom is 0.269 e. The minimum Gasteiger partial charge on any atom is -0.384 e. The molecule has 1 amide bonds. The van der Waals surface area contributed by atoms with Crippen molar-refractivity contribution in [3.63, 3.8) is 0 Å². The maximum absolute atomic E-state index is 11.4. The van der Waals surface area contributed by atoms with E-state index in [9.17, 15) is 4.79 Å². The van der Waals surface area contributed by atoms with Gasteiger partial charge in [0.2, 0.25) is 0 Å². The molecule has 5 heteroatoms. The zero-order chi connectivity index (χ0) is 10.4. The number of nitrogens with two attached hydrogens (primary N) is 1. The SMILES string of the molecule is CSCCNC(=O)c1cccc(N)n1. The summed E-state index contributed by atoms with van der Waals surface area (Å²) in [7, 11) is 0. The van der Waals surface area contributed by atoms with Gasteiger partial charge in [-0.15, -0.1) is 0 Å². The van der Waals surface area contributed by atoms with Gasteiger partial charge in [-0.05, 0) is 18.4 Å². The summed E-state index contributed by atoms with van der Waals surface area (Å²) in [5.41, 5.74) is 5.82. The number of aromatic nitrogens is 1. The molecule has 0 unspecified atom stereocenters. The normalized spacial score (nSPS) is 9.79. The van der Waals surface area contributed by atoms with Crippen LogP contribution in [-0.4, -0.2) is 29.4 Å². The van der Waals surface area contributed by atoms with Crippen LogP contribution in [0.25, 0.3) is 0 Å². The first kappa shape index (κ1) is 10.8. The summed E-state index contributed by atoms with van der Waals surface area (Å²) in [5.74, 6) is 1.09. The number of hydrogen-bond donors (Lipinski definition) is 2. The molecule has 0 fully saturated rings. The van der Waals surface area contributed by atoms with E-state index in [1.165, 1.54) is 0 Å². The molecular formula is C9H13N3OS. The molecule has 0 radical (unpaired) electrons. The van der Waals surface area contributed by atoms with E-state index in [0.29, 0.717) is 18.1 Å². The molecule has 0 aliphatic carbocycles. The van der Waals surface area contributed by atoms with E-state index in [0.717, 1.165) is 5.75 Å². The molecule has 0 saturated heterocycles. The minimum atomic E-state index is -0.175. The van der Waals surface area contributed by atoms with Crippen molar-refractivity contribution >= 4 is 23.5 Å². The Balaban J connectivity index is 2.52. The summed E-state index contributed by atoms with van der Waals surface area (Å²) in [5, 5.41) is 2.75. The highest BCUT2D eigenvalue weighted by atomic mass is 32.2. The number of carbonyl (C=O) groups is 1. The Kier molecular flexibility index (Phi) is 4.25. The van der Waals surface area contributed by atoms with Crippen molar-refractivity contribution in [2.75, 3.05) is 24.3 Å². The van der Waals surface area contributed by atoms with Gasteiger partial charge in [0.1, 0.15) is 11.5 Å². The Morgan fingerprint density at radius 3 is 3.07 bits per heavy atom. The molecule has 3 N–H and O–H groups in total. The zero-order valence-electron chi connectivity index (χ0n) is 7.99. The molecule has 1 rings (SSSR count). The molecule has 0 bridgehead atoms. The second-order valence-electron chi connectivity index (χ2n) is 2.70. The smallest absolute Gasteiger partial charge is 0.269 e. The van der Waals surface area contributed by atoms with Crippen LogP contribution in [0.5, 0.6) is 0 Å². The van der Waals surface area contributed by atoms with Gasteiger partial charge in [-0.1, -0.05) is 6.07 Å².